The molecule has 0 bridgehead atoms. The zero-order valence-corrected chi connectivity index (χ0v) is 10.9. The Hall–Kier alpha value is -0.0800. The summed E-state index contributed by atoms with van der Waals surface area (Å²) < 4.78 is 0. The van der Waals surface area contributed by atoms with Crippen LogP contribution in [0.5, 0.6) is 0 Å². The monoisotopic (exact) mass is 212 g/mol. The summed E-state index contributed by atoms with van der Waals surface area (Å²) in [4.78, 5) is 2.61. The van der Waals surface area contributed by atoms with Crippen LogP contribution in [0.2, 0.25) is 0 Å². The molecule has 1 aliphatic heterocycles. The molecule has 2 nitrogen and oxygen atoms in total. The van der Waals surface area contributed by atoms with Crippen LogP contribution in [-0.4, -0.2) is 30.1 Å². The van der Waals surface area contributed by atoms with E-state index in [1.54, 1.807) is 0 Å². The zero-order valence-electron chi connectivity index (χ0n) is 10.9. The first-order valence-electron chi connectivity index (χ1n) is 6.49. The summed E-state index contributed by atoms with van der Waals surface area (Å²) in [5, 5.41) is 0. The zero-order chi connectivity index (χ0) is 11.5. The summed E-state index contributed by atoms with van der Waals surface area (Å²) in [6, 6.07) is 0. The van der Waals surface area contributed by atoms with Crippen molar-refractivity contribution in [2.24, 2.45) is 17.6 Å². The Bertz CT molecular complexity index is 183. The van der Waals surface area contributed by atoms with Gasteiger partial charge in [0, 0.05) is 12.1 Å². The molecule has 0 aromatic rings. The smallest absolute Gasteiger partial charge is 0.0326 e. The second kappa shape index (κ2) is 5.31. The molecule has 1 atom stereocenters. The lowest BCUT2D eigenvalue weighted by atomic mass is 9.83. The molecule has 1 heterocycles. The number of nitrogens with zero attached hydrogens (tertiary/aromatic N) is 1. The molecule has 0 saturated carbocycles. The molecule has 2 N–H and O–H groups in total. The van der Waals surface area contributed by atoms with Gasteiger partial charge in [0.05, 0.1) is 0 Å². The minimum Gasteiger partial charge on any atom is -0.329 e. The van der Waals surface area contributed by atoms with Crippen LogP contribution in [0.15, 0.2) is 0 Å². The Morgan fingerprint density at radius 3 is 2.20 bits per heavy atom. The fraction of sp³-hybridized carbons (Fsp3) is 1.00. The Morgan fingerprint density at radius 2 is 1.87 bits per heavy atom. The molecule has 0 radical (unpaired) electrons. The van der Waals surface area contributed by atoms with E-state index in [1.807, 2.05) is 0 Å². The normalized spacial score (nSPS) is 24.4. The van der Waals surface area contributed by atoms with E-state index in [1.165, 1.54) is 32.4 Å². The SMILES string of the molecule is CCC1CCN(C(C)(CN)C(C)C)CC1. The van der Waals surface area contributed by atoms with Gasteiger partial charge in [-0.05, 0) is 44.7 Å². The Labute approximate surface area is 95.2 Å². The predicted molar refractivity (Wildman–Crippen MR) is 66.9 cm³/mol. The highest BCUT2D eigenvalue weighted by atomic mass is 15.2. The second-order valence-electron chi connectivity index (χ2n) is 5.55. The first kappa shape index (κ1) is 13.0. The third-order valence-corrected chi connectivity index (χ3v) is 4.57. The summed E-state index contributed by atoms with van der Waals surface area (Å²) in [5.74, 6) is 1.59. The molecular weight excluding hydrogens is 184 g/mol. The molecule has 1 fully saturated rings. The molecule has 15 heavy (non-hydrogen) atoms. The minimum atomic E-state index is 0.207. The highest BCUT2D eigenvalue weighted by Crippen LogP contribution is 2.29. The largest absolute Gasteiger partial charge is 0.329 e. The molecule has 1 saturated heterocycles. The molecule has 1 aliphatic rings. The first-order valence-corrected chi connectivity index (χ1v) is 6.49. The van der Waals surface area contributed by atoms with E-state index >= 15 is 0 Å². The third-order valence-electron chi connectivity index (χ3n) is 4.57. The summed E-state index contributed by atoms with van der Waals surface area (Å²) in [6.07, 6.45) is 4.06. The number of piperidine rings is 1. The van der Waals surface area contributed by atoms with Crippen molar-refractivity contribution in [1.29, 1.82) is 0 Å². The summed E-state index contributed by atoms with van der Waals surface area (Å²) in [6.45, 7) is 12.5. The Balaban J connectivity index is 2.57. The van der Waals surface area contributed by atoms with Crippen molar-refractivity contribution in [3.8, 4) is 0 Å². The van der Waals surface area contributed by atoms with Crippen LogP contribution in [0.4, 0.5) is 0 Å². The Kier molecular flexibility index (Phi) is 4.60. The van der Waals surface area contributed by atoms with Gasteiger partial charge in [-0.15, -0.1) is 0 Å². The van der Waals surface area contributed by atoms with Gasteiger partial charge in [0.25, 0.3) is 0 Å². The van der Waals surface area contributed by atoms with Crippen molar-refractivity contribution in [3.63, 3.8) is 0 Å². The highest BCUT2D eigenvalue weighted by Gasteiger charge is 2.35. The van der Waals surface area contributed by atoms with Crippen LogP contribution in [-0.2, 0) is 0 Å². The van der Waals surface area contributed by atoms with Crippen molar-refractivity contribution in [1.82, 2.24) is 4.90 Å². The fourth-order valence-corrected chi connectivity index (χ4v) is 2.58. The van der Waals surface area contributed by atoms with Gasteiger partial charge in [-0.2, -0.15) is 0 Å². The van der Waals surface area contributed by atoms with Gasteiger partial charge >= 0.3 is 0 Å². The van der Waals surface area contributed by atoms with Gasteiger partial charge in [-0.3, -0.25) is 4.90 Å². The maximum absolute atomic E-state index is 5.96. The van der Waals surface area contributed by atoms with Crippen molar-refractivity contribution in [2.75, 3.05) is 19.6 Å². The molecule has 0 aliphatic carbocycles. The van der Waals surface area contributed by atoms with E-state index in [4.69, 9.17) is 5.73 Å². The molecule has 90 valence electrons. The van der Waals surface area contributed by atoms with Crippen LogP contribution < -0.4 is 5.73 Å². The van der Waals surface area contributed by atoms with Crippen LogP contribution in [0, 0.1) is 11.8 Å². The maximum Gasteiger partial charge on any atom is 0.0326 e. The van der Waals surface area contributed by atoms with Gasteiger partial charge in [0.1, 0.15) is 0 Å². The first-order chi connectivity index (χ1) is 7.04. The quantitative estimate of drug-likeness (QED) is 0.776. The summed E-state index contributed by atoms with van der Waals surface area (Å²) in [7, 11) is 0. The number of likely N-dealkylation sites (tertiary alicyclic amines) is 1. The van der Waals surface area contributed by atoms with Gasteiger partial charge < -0.3 is 5.73 Å². The summed E-state index contributed by atoms with van der Waals surface area (Å²) >= 11 is 0. The fourth-order valence-electron chi connectivity index (χ4n) is 2.58. The van der Waals surface area contributed by atoms with Crippen LogP contribution in [0.25, 0.3) is 0 Å². The highest BCUT2D eigenvalue weighted by molar-refractivity contribution is 4.92. The van der Waals surface area contributed by atoms with Crippen LogP contribution in [0.1, 0.15) is 47.0 Å². The van der Waals surface area contributed by atoms with Crippen molar-refractivity contribution < 1.29 is 0 Å². The number of nitrogens with two attached hydrogens (primary N) is 1. The lowest BCUT2D eigenvalue weighted by Crippen LogP contribution is -2.57. The van der Waals surface area contributed by atoms with E-state index in [2.05, 4.69) is 32.6 Å². The lowest BCUT2D eigenvalue weighted by Gasteiger charge is -2.47. The van der Waals surface area contributed by atoms with Crippen molar-refractivity contribution in [3.05, 3.63) is 0 Å². The van der Waals surface area contributed by atoms with Crippen molar-refractivity contribution in [2.45, 2.75) is 52.5 Å². The van der Waals surface area contributed by atoms with Gasteiger partial charge in [0.15, 0.2) is 0 Å². The van der Waals surface area contributed by atoms with Crippen LogP contribution in [0.3, 0.4) is 0 Å². The summed E-state index contributed by atoms with van der Waals surface area (Å²) in [5.41, 5.74) is 6.17. The van der Waals surface area contributed by atoms with Crippen molar-refractivity contribution >= 4 is 0 Å². The molecule has 2 heteroatoms. The molecule has 1 unspecified atom stereocenters. The number of rotatable bonds is 4. The standard InChI is InChI=1S/C13H28N2/c1-5-12-6-8-15(9-7-12)13(4,10-14)11(2)3/h11-12H,5-10,14H2,1-4H3. The lowest BCUT2D eigenvalue weighted by molar-refractivity contribution is 0.0338. The van der Waals surface area contributed by atoms with Gasteiger partial charge in [0.2, 0.25) is 0 Å². The van der Waals surface area contributed by atoms with E-state index in [-0.39, 0.29) is 5.54 Å². The topological polar surface area (TPSA) is 29.3 Å². The molecule has 0 aromatic carbocycles. The molecule has 0 aromatic heterocycles. The molecule has 0 spiro atoms. The van der Waals surface area contributed by atoms with Gasteiger partial charge in [-0.1, -0.05) is 27.2 Å². The van der Waals surface area contributed by atoms with E-state index in [0.29, 0.717) is 5.92 Å². The van der Waals surface area contributed by atoms with Gasteiger partial charge in [-0.25, -0.2) is 0 Å². The number of hydrogen-bond donors (Lipinski definition) is 1. The molecule has 0 amide bonds. The average molecular weight is 212 g/mol. The number of hydrogen-bond acceptors (Lipinski definition) is 2. The Morgan fingerprint density at radius 1 is 1.33 bits per heavy atom. The van der Waals surface area contributed by atoms with Crippen LogP contribution >= 0.6 is 0 Å². The second-order valence-corrected chi connectivity index (χ2v) is 5.55. The molecule has 1 rings (SSSR count). The molecular formula is C13H28N2. The van der Waals surface area contributed by atoms with E-state index in [9.17, 15) is 0 Å². The predicted octanol–water partition coefficient (Wildman–Crippen LogP) is 2.48. The minimum absolute atomic E-state index is 0.207. The van der Waals surface area contributed by atoms with E-state index < -0.39 is 0 Å². The van der Waals surface area contributed by atoms with E-state index in [0.717, 1.165) is 12.5 Å². The maximum atomic E-state index is 5.96. The third kappa shape index (κ3) is 2.73. The average Bonchev–Trinajstić information content (AvgIpc) is 2.28.